The zero-order valence-electron chi connectivity index (χ0n) is 18.2. The average Bonchev–Trinajstić information content (AvgIpc) is 3.65. The zero-order valence-corrected chi connectivity index (χ0v) is 18.2. The van der Waals surface area contributed by atoms with E-state index in [1.807, 2.05) is 60.7 Å². The van der Waals surface area contributed by atoms with Crippen LogP contribution in [0.4, 0.5) is 0 Å². The maximum atomic E-state index is 12.4. The number of hydrogen-bond donors (Lipinski definition) is 1. The maximum Gasteiger partial charge on any atom is 0.243 e. The third-order valence-electron chi connectivity index (χ3n) is 5.48. The van der Waals surface area contributed by atoms with E-state index in [0.717, 1.165) is 29.0 Å². The van der Waals surface area contributed by atoms with E-state index in [4.69, 9.17) is 14.2 Å². The lowest BCUT2D eigenvalue weighted by molar-refractivity contribution is -0.122. The molecule has 1 N–H and O–H groups in total. The number of methoxy groups -OCH3 is 2. The molecule has 0 heterocycles. The Morgan fingerprint density at radius 3 is 2.59 bits per heavy atom. The van der Waals surface area contributed by atoms with Crippen molar-refractivity contribution in [2.45, 2.75) is 18.9 Å². The largest absolute Gasteiger partial charge is 0.497 e. The summed E-state index contributed by atoms with van der Waals surface area (Å²) in [5.74, 6) is 2.37. The van der Waals surface area contributed by atoms with Crippen molar-refractivity contribution in [3.63, 3.8) is 0 Å². The first kappa shape index (κ1) is 21.4. The van der Waals surface area contributed by atoms with E-state index in [1.54, 1.807) is 20.4 Å². The fraction of sp³-hybridized carbons (Fsp3) is 0.231. The van der Waals surface area contributed by atoms with Gasteiger partial charge in [-0.25, -0.2) is 5.43 Å². The highest BCUT2D eigenvalue weighted by molar-refractivity contribution is 5.85. The van der Waals surface area contributed by atoms with Gasteiger partial charge in [0.1, 0.15) is 23.9 Å². The summed E-state index contributed by atoms with van der Waals surface area (Å²) < 4.78 is 16.6. The number of carbonyl (C=O) groups excluding carboxylic acids is 1. The van der Waals surface area contributed by atoms with Gasteiger partial charge in [-0.15, -0.1) is 0 Å². The summed E-state index contributed by atoms with van der Waals surface area (Å²) in [7, 11) is 3.24. The topological polar surface area (TPSA) is 69.2 Å². The fourth-order valence-corrected chi connectivity index (χ4v) is 3.65. The number of amides is 1. The Labute approximate surface area is 187 Å². The minimum atomic E-state index is -0.0507. The van der Waals surface area contributed by atoms with Gasteiger partial charge in [0.15, 0.2) is 0 Å². The smallest absolute Gasteiger partial charge is 0.243 e. The summed E-state index contributed by atoms with van der Waals surface area (Å²) in [5, 5.41) is 4.15. The molecule has 1 fully saturated rings. The Hall–Kier alpha value is -3.80. The summed E-state index contributed by atoms with van der Waals surface area (Å²) >= 11 is 0. The molecular formula is C26H26N2O4. The molecule has 6 nitrogen and oxygen atoms in total. The quantitative estimate of drug-likeness (QED) is 0.400. The molecule has 2 unspecified atom stereocenters. The number of benzene rings is 3. The number of hydrogen-bond acceptors (Lipinski definition) is 5. The predicted octanol–water partition coefficient (Wildman–Crippen LogP) is 4.54. The van der Waals surface area contributed by atoms with Gasteiger partial charge in [-0.3, -0.25) is 4.79 Å². The summed E-state index contributed by atoms with van der Waals surface area (Å²) in [6, 6.07) is 23.2. The SMILES string of the molecule is COc1cccc(OCc2cc(C=NNC(=O)C3CC3c3ccccc3)ccc2OC)c1. The molecule has 0 spiro atoms. The molecule has 32 heavy (non-hydrogen) atoms. The van der Waals surface area contributed by atoms with Crippen LogP contribution in [-0.2, 0) is 11.4 Å². The molecule has 6 heteroatoms. The van der Waals surface area contributed by atoms with Gasteiger partial charge >= 0.3 is 0 Å². The third-order valence-corrected chi connectivity index (χ3v) is 5.48. The van der Waals surface area contributed by atoms with Crippen LogP contribution in [0.3, 0.4) is 0 Å². The van der Waals surface area contributed by atoms with E-state index >= 15 is 0 Å². The molecule has 0 aliphatic heterocycles. The van der Waals surface area contributed by atoms with Crippen LogP contribution in [0.2, 0.25) is 0 Å². The Morgan fingerprint density at radius 1 is 1.00 bits per heavy atom. The van der Waals surface area contributed by atoms with E-state index < -0.39 is 0 Å². The summed E-state index contributed by atoms with van der Waals surface area (Å²) in [6.07, 6.45) is 2.49. The molecule has 1 saturated carbocycles. The minimum absolute atomic E-state index is 0.0164. The molecule has 1 aliphatic carbocycles. The van der Waals surface area contributed by atoms with Crippen LogP contribution >= 0.6 is 0 Å². The second-order valence-corrected chi connectivity index (χ2v) is 7.63. The third kappa shape index (κ3) is 5.27. The molecule has 1 aliphatic rings. The van der Waals surface area contributed by atoms with Gasteiger partial charge in [0.05, 0.1) is 20.4 Å². The normalized spacial score (nSPS) is 17.1. The number of nitrogens with zero attached hydrogens (tertiary/aromatic N) is 1. The van der Waals surface area contributed by atoms with Crippen LogP contribution in [0.25, 0.3) is 0 Å². The van der Waals surface area contributed by atoms with Gasteiger partial charge < -0.3 is 14.2 Å². The minimum Gasteiger partial charge on any atom is -0.497 e. The lowest BCUT2D eigenvalue weighted by Gasteiger charge is -2.12. The predicted molar refractivity (Wildman–Crippen MR) is 123 cm³/mol. The van der Waals surface area contributed by atoms with E-state index in [9.17, 15) is 4.79 Å². The van der Waals surface area contributed by atoms with Gasteiger partial charge in [0.25, 0.3) is 0 Å². The van der Waals surface area contributed by atoms with Gasteiger partial charge in [-0.05, 0) is 53.8 Å². The number of carbonyl (C=O) groups is 1. The number of rotatable bonds is 9. The first-order valence-electron chi connectivity index (χ1n) is 10.5. The Kier molecular flexibility index (Phi) is 6.70. The molecule has 1 amide bonds. The van der Waals surface area contributed by atoms with Gasteiger partial charge in [-0.2, -0.15) is 5.10 Å². The summed E-state index contributed by atoms with van der Waals surface area (Å²) in [4.78, 5) is 12.4. The highest BCUT2D eigenvalue weighted by atomic mass is 16.5. The van der Waals surface area contributed by atoms with Crippen molar-refractivity contribution in [2.75, 3.05) is 14.2 Å². The van der Waals surface area contributed by atoms with Crippen LogP contribution in [0, 0.1) is 5.92 Å². The highest BCUT2D eigenvalue weighted by Crippen LogP contribution is 2.47. The molecule has 4 rings (SSSR count). The molecule has 3 aromatic rings. The standard InChI is InChI=1S/C26H26N2O4/c1-30-21-9-6-10-22(14-21)32-17-20-13-18(11-12-25(20)31-2)16-27-28-26(29)24-15-23(24)19-7-4-3-5-8-19/h3-14,16,23-24H,15,17H2,1-2H3,(H,28,29). The first-order chi connectivity index (χ1) is 15.7. The lowest BCUT2D eigenvalue weighted by Crippen LogP contribution is -2.20. The number of ether oxygens (including phenoxy) is 3. The van der Waals surface area contributed by atoms with Gasteiger partial charge in [-0.1, -0.05) is 36.4 Å². The Morgan fingerprint density at radius 2 is 1.81 bits per heavy atom. The molecule has 2 atom stereocenters. The van der Waals surface area contributed by atoms with Crippen LogP contribution in [0.5, 0.6) is 17.2 Å². The van der Waals surface area contributed by atoms with Crippen molar-refractivity contribution in [2.24, 2.45) is 11.0 Å². The van der Waals surface area contributed by atoms with Gasteiger partial charge in [0, 0.05) is 17.5 Å². The van der Waals surface area contributed by atoms with E-state index in [2.05, 4.69) is 22.7 Å². The monoisotopic (exact) mass is 430 g/mol. The first-order valence-corrected chi connectivity index (χ1v) is 10.5. The average molecular weight is 431 g/mol. The van der Waals surface area contributed by atoms with Gasteiger partial charge in [0.2, 0.25) is 5.91 Å². The molecule has 164 valence electrons. The van der Waals surface area contributed by atoms with Crippen LogP contribution in [0.15, 0.2) is 77.9 Å². The number of nitrogens with one attached hydrogen (secondary N) is 1. The number of hydrazone groups is 1. The second-order valence-electron chi connectivity index (χ2n) is 7.63. The van der Waals surface area contributed by atoms with Crippen molar-refractivity contribution < 1.29 is 19.0 Å². The Balaban J connectivity index is 1.35. The van der Waals surface area contributed by atoms with Crippen LogP contribution in [0.1, 0.15) is 29.0 Å². The molecule has 0 saturated heterocycles. The highest BCUT2D eigenvalue weighted by Gasteiger charge is 2.43. The van der Waals surface area contributed by atoms with E-state index in [-0.39, 0.29) is 17.7 Å². The Bertz CT molecular complexity index is 1100. The van der Waals surface area contributed by atoms with Crippen LogP contribution < -0.4 is 19.6 Å². The maximum absolute atomic E-state index is 12.4. The zero-order chi connectivity index (χ0) is 22.3. The summed E-state index contributed by atoms with van der Waals surface area (Å²) in [6.45, 7) is 0.325. The molecule has 3 aromatic carbocycles. The fourth-order valence-electron chi connectivity index (χ4n) is 3.65. The van der Waals surface area contributed by atoms with E-state index in [0.29, 0.717) is 12.4 Å². The summed E-state index contributed by atoms with van der Waals surface area (Å²) in [5.41, 5.74) is 5.58. The van der Waals surface area contributed by atoms with Crippen molar-refractivity contribution in [3.8, 4) is 17.2 Å². The molecule has 0 radical (unpaired) electrons. The van der Waals surface area contributed by atoms with Crippen molar-refractivity contribution in [1.29, 1.82) is 0 Å². The second kappa shape index (κ2) is 10.0. The van der Waals surface area contributed by atoms with Crippen molar-refractivity contribution in [3.05, 3.63) is 89.5 Å². The molecule has 0 aromatic heterocycles. The van der Waals surface area contributed by atoms with Crippen LogP contribution in [-0.4, -0.2) is 26.3 Å². The van der Waals surface area contributed by atoms with E-state index in [1.165, 1.54) is 5.56 Å². The lowest BCUT2D eigenvalue weighted by atomic mass is 10.1. The molecular weight excluding hydrogens is 404 g/mol. The van der Waals surface area contributed by atoms with Crippen molar-refractivity contribution in [1.82, 2.24) is 5.43 Å². The molecule has 0 bridgehead atoms. The van der Waals surface area contributed by atoms with Crippen molar-refractivity contribution >= 4 is 12.1 Å².